The number of fused-ring (bicyclic) bond motifs is 1. The lowest BCUT2D eigenvalue weighted by molar-refractivity contribution is -0.126. The van der Waals surface area contributed by atoms with Crippen LogP contribution in [0.15, 0.2) is 53.0 Å². The van der Waals surface area contributed by atoms with Crippen LogP contribution in [0.1, 0.15) is 34.5 Å². The molecule has 0 bridgehead atoms. The van der Waals surface area contributed by atoms with E-state index >= 15 is 0 Å². The molecule has 5 nitrogen and oxygen atoms in total. The van der Waals surface area contributed by atoms with E-state index in [0.717, 1.165) is 22.1 Å². The molecule has 1 aliphatic heterocycles. The third-order valence-electron chi connectivity index (χ3n) is 5.96. The molecular formula is C24H26BrN3O2. The quantitative estimate of drug-likeness (QED) is 0.581. The van der Waals surface area contributed by atoms with Gasteiger partial charge in [-0.2, -0.15) is 0 Å². The van der Waals surface area contributed by atoms with Crippen LogP contribution < -0.4 is 5.32 Å². The molecule has 30 heavy (non-hydrogen) atoms. The number of benzene rings is 2. The molecular weight excluding hydrogens is 442 g/mol. The molecule has 2 N–H and O–H groups in total. The smallest absolute Gasteiger partial charge is 0.254 e. The predicted molar refractivity (Wildman–Crippen MR) is 123 cm³/mol. The highest BCUT2D eigenvalue weighted by molar-refractivity contribution is 9.10. The lowest BCUT2D eigenvalue weighted by atomic mass is 9.95. The Bertz CT molecular complexity index is 1070. The molecule has 156 valence electrons. The largest absolute Gasteiger partial charge is 0.358 e. The zero-order valence-corrected chi connectivity index (χ0v) is 18.7. The van der Waals surface area contributed by atoms with Crippen LogP contribution in [-0.2, 0) is 11.2 Å². The Kier molecular flexibility index (Phi) is 6.23. The summed E-state index contributed by atoms with van der Waals surface area (Å²) in [6.07, 6.45) is 2.21. The van der Waals surface area contributed by atoms with Gasteiger partial charge in [-0.25, -0.2) is 0 Å². The number of rotatable bonds is 5. The van der Waals surface area contributed by atoms with E-state index in [4.69, 9.17) is 0 Å². The van der Waals surface area contributed by atoms with Crippen molar-refractivity contribution in [3.8, 4) is 0 Å². The lowest BCUT2D eigenvalue weighted by Gasteiger charge is -2.31. The minimum absolute atomic E-state index is 0.0242. The highest BCUT2D eigenvalue weighted by atomic mass is 79.9. The predicted octanol–water partition coefficient (Wildman–Crippen LogP) is 4.45. The Balaban J connectivity index is 1.28. The summed E-state index contributed by atoms with van der Waals surface area (Å²) in [5.74, 6) is 0.0916. The molecule has 1 saturated heterocycles. The summed E-state index contributed by atoms with van der Waals surface area (Å²) in [6.45, 7) is 3.92. The molecule has 2 heterocycles. The van der Waals surface area contributed by atoms with Crippen LogP contribution in [0.5, 0.6) is 0 Å². The average Bonchev–Trinajstić information content (AvgIpc) is 3.09. The number of piperidine rings is 1. The first-order valence-electron chi connectivity index (χ1n) is 10.4. The number of aromatic nitrogens is 1. The number of H-pyrrole nitrogens is 1. The number of amides is 2. The Labute approximate surface area is 185 Å². The van der Waals surface area contributed by atoms with Gasteiger partial charge in [-0.15, -0.1) is 0 Å². The van der Waals surface area contributed by atoms with Gasteiger partial charge in [0, 0.05) is 46.6 Å². The number of aromatic amines is 1. The molecule has 0 unspecified atom stereocenters. The van der Waals surface area contributed by atoms with Crippen LogP contribution in [0.25, 0.3) is 10.9 Å². The Hall–Kier alpha value is -2.60. The highest BCUT2D eigenvalue weighted by Crippen LogP contribution is 2.24. The second-order valence-electron chi connectivity index (χ2n) is 7.86. The fourth-order valence-electron chi connectivity index (χ4n) is 4.26. The fraction of sp³-hybridized carbons (Fsp3) is 0.333. The first-order valence-corrected chi connectivity index (χ1v) is 11.2. The van der Waals surface area contributed by atoms with E-state index in [1.807, 2.05) is 41.3 Å². The summed E-state index contributed by atoms with van der Waals surface area (Å²) in [5.41, 5.74) is 4.23. The van der Waals surface area contributed by atoms with Gasteiger partial charge < -0.3 is 15.2 Å². The molecule has 1 aromatic heterocycles. The molecule has 2 amide bonds. The van der Waals surface area contributed by atoms with Crippen molar-refractivity contribution in [3.63, 3.8) is 0 Å². The topological polar surface area (TPSA) is 65.2 Å². The Morgan fingerprint density at radius 1 is 1.10 bits per heavy atom. The van der Waals surface area contributed by atoms with Gasteiger partial charge in [-0.05, 0) is 65.9 Å². The third kappa shape index (κ3) is 4.29. The standard InChI is InChI=1S/C24H26BrN3O2/c1-16-18(19-6-3-5-9-22(19)27-16)10-13-26-23(29)17-11-14-28(15-12-17)24(30)20-7-2-4-8-21(20)25/h2-9,17,27H,10-15H2,1H3,(H,26,29). The van der Waals surface area contributed by atoms with Crippen LogP contribution in [-0.4, -0.2) is 41.3 Å². The van der Waals surface area contributed by atoms with Gasteiger partial charge in [0.2, 0.25) is 5.91 Å². The van der Waals surface area contributed by atoms with Gasteiger partial charge in [0.05, 0.1) is 5.56 Å². The molecule has 0 aliphatic carbocycles. The van der Waals surface area contributed by atoms with Crippen LogP contribution in [0.4, 0.5) is 0 Å². The maximum Gasteiger partial charge on any atom is 0.254 e. The van der Waals surface area contributed by atoms with Crippen molar-refractivity contribution < 1.29 is 9.59 Å². The second-order valence-corrected chi connectivity index (χ2v) is 8.72. The van der Waals surface area contributed by atoms with Crippen LogP contribution >= 0.6 is 15.9 Å². The molecule has 0 atom stereocenters. The van der Waals surface area contributed by atoms with Crippen molar-refractivity contribution in [3.05, 3.63) is 69.8 Å². The zero-order valence-electron chi connectivity index (χ0n) is 17.1. The van der Waals surface area contributed by atoms with Crippen molar-refractivity contribution in [1.82, 2.24) is 15.2 Å². The molecule has 6 heteroatoms. The molecule has 0 radical (unpaired) electrons. The second kappa shape index (κ2) is 9.04. The highest BCUT2D eigenvalue weighted by Gasteiger charge is 2.28. The number of likely N-dealkylation sites (tertiary alicyclic amines) is 1. The van der Waals surface area contributed by atoms with E-state index in [2.05, 4.69) is 45.3 Å². The van der Waals surface area contributed by atoms with Gasteiger partial charge >= 0.3 is 0 Å². The van der Waals surface area contributed by atoms with Crippen molar-refractivity contribution >= 4 is 38.6 Å². The molecule has 0 saturated carbocycles. The minimum atomic E-state index is -0.0303. The Morgan fingerprint density at radius 3 is 2.57 bits per heavy atom. The first kappa shape index (κ1) is 20.7. The van der Waals surface area contributed by atoms with Crippen molar-refractivity contribution in [1.29, 1.82) is 0 Å². The van der Waals surface area contributed by atoms with E-state index in [9.17, 15) is 9.59 Å². The van der Waals surface area contributed by atoms with Gasteiger partial charge in [-0.3, -0.25) is 9.59 Å². The van der Waals surface area contributed by atoms with E-state index in [-0.39, 0.29) is 17.7 Å². The van der Waals surface area contributed by atoms with Crippen LogP contribution in [0.2, 0.25) is 0 Å². The van der Waals surface area contributed by atoms with E-state index in [1.54, 1.807) is 0 Å². The number of hydrogen-bond donors (Lipinski definition) is 2. The van der Waals surface area contributed by atoms with Gasteiger partial charge in [0.1, 0.15) is 0 Å². The number of carbonyl (C=O) groups is 2. The maximum absolute atomic E-state index is 12.7. The maximum atomic E-state index is 12.7. The number of halogens is 1. The van der Waals surface area contributed by atoms with E-state index in [1.165, 1.54) is 10.9 Å². The molecule has 0 spiro atoms. The van der Waals surface area contributed by atoms with E-state index in [0.29, 0.717) is 38.0 Å². The molecule has 1 fully saturated rings. The van der Waals surface area contributed by atoms with Gasteiger partial charge in [-0.1, -0.05) is 30.3 Å². The van der Waals surface area contributed by atoms with Crippen molar-refractivity contribution in [2.24, 2.45) is 5.92 Å². The summed E-state index contributed by atoms with van der Waals surface area (Å²) in [4.78, 5) is 30.6. The Morgan fingerprint density at radius 2 is 1.80 bits per heavy atom. The number of para-hydroxylation sites is 1. The number of aryl methyl sites for hydroxylation is 1. The summed E-state index contributed by atoms with van der Waals surface area (Å²) >= 11 is 3.45. The first-order chi connectivity index (χ1) is 14.5. The minimum Gasteiger partial charge on any atom is -0.358 e. The lowest BCUT2D eigenvalue weighted by Crippen LogP contribution is -2.43. The van der Waals surface area contributed by atoms with E-state index < -0.39 is 0 Å². The average molecular weight is 468 g/mol. The summed E-state index contributed by atoms with van der Waals surface area (Å²) in [6, 6.07) is 15.7. The van der Waals surface area contributed by atoms with Gasteiger partial charge in [0.25, 0.3) is 5.91 Å². The van der Waals surface area contributed by atoms with Crippen molar-refractivity contribution in [2.75, 3.05) is 19.6 Å². The number of nitrogens with zero attached hydrogens (tertiary/aromatic N) is 1. The van der Waals surface area contributed by atoms with Crippen LogP contribution in [0.3, 0.4) is 0 Å². The summed E-state index contributed by atoms with van der Waals surface area (Å²) < 4.78 is 0.808. The molecule has 4 rings (SSSR count). The SMILES string of the molecule is Cc1[nH]c2ccccc2c1CCNC(=O)C1CCN(C(=O)c2ccccc2Br)CC1. The third-order valence-corrected chi connectivity index (χ3v) is 6.65. The number of nitrogens with one attached hydrogen (secondary N) is 2. The van der Waals surface area contributed by atoms with Gasteiger partial charge in [0.15, 0.2) is 0 Å². The number of carbonyl (C=O) groups excluding carboxylic acids is 2. The normalized spacial score (nSPS) is 14.8. The number of hydrogen-bond acceptors (Lipinski definition) is 2. The molecule has 1 aliphatic rings. The molecule has 3 aromatic rings. The monoisotopic (exact) mass is 467 g/mol. The molecule has 2 aromatic carbocycles. The van der Waals surface area contributed by atoms with Crippen LogP contribution in [0, 0.1) is 12.8 Å². The fourth-order valence-corrected chi connectivity index (χ4v) is 4.72. The summed E-state index contributed by atoms with van der Waals surface area (Å²) in [7, 11) is 0. The zero-order chi connectivity index (χ0) is 21.1. The van der Waals surface area contributed by atoms with Crippen molar-refractivity contribution in [2.45, 2.75) is 26.2 Å². The summed E-state index contributed by atoms with van der Waals surface area (Å²) in [5, 5.41) is 4.33.